The monoisotopic (exact) mass is 244 g/mol. The number of Topliss-reactive ketones (excluding diaryl/α,β-unsaturated/α-hetero) is 1. The lowest BCUT2D eigenvalue weighted by Crippen LogP contribution is -2.21. The van der Waals surface area contributed by atoms with Gasteiger partial charge in [-0.2, -0.15) is 0 Å². The van der Waals surface area contributed by atoms with E-state index >= 15 is 0 Å². The molecule has 18 heavy (non-hydrogen) atoms. The van der Waals surface area contributed by atoms with E-state index in [9.17, 15) is 4.79 Å². The predicted octanol–water partition coefficient (Wildman–Crippen LogP) is 3.92. The van der Waals surface area contributed by atoms with Gasteiger partial charge in [-0.1, -0.05) is 32.3 Å². The minimum atomic E-state index is -0.441. The van der Waals surface area contributed by atoms with Crippen molar-refractivity contribution in [1.29, 1.82) is 0 Å². The molecule has 1 fully saturated rings. The summed E-state index contributed by atoms with van der Waals surface area (Å²) in [5, 5.41) is 0. The summed E-state index contributed by atoms with van der Waals surface area (Å²) in [5.41, 5.74) is 1.66. The smallest absolute Gasteiger partial charge is 0.210 e. The number of aryl methyl sites for hydroxylation is 1. The highest BCUT2D eigenvalue weighted by Crippen LogP contribution is 2.49. The fourth-order valence-corrected chi connectivity index (χ4v) is 2.70. The quantitative estimate of drug-likeness (QED) is 0.734. The van der Waals surface area contributed by atoms with E-state index in [2.05, 4.69) is 19.1 Å². The topological polar surface area (TPSA) is 26.3 Å². The van der Waals surface area contributed by atoms with E-state index < -0.39 is 5.60 Å². The van der Waals surface area contributed by atoms with Crippen LogP contribution in [-0.4, -0.2) is 11.4 Å². The zero-order chi connectivity index (χ0) is 12.6. The maximum absolute atomic E-state index is 12.2. The fraction of sp³-hybridized carbons (Fsp3) is 0.562. The predicted molar refractivity (Wildman–Crippen MR) is 71.2 cm³/mol. The molecule has 1 spiro atoms. The molecule has 1 saturated carbocycles. The van der Waals surface area contributed by atoms with Crippen molar-refractivity contribution in [2.24, 2.45) is 0 Å². The van der Waals surface area contributed by atoms with Crippen LogP contribution in [0.4, 0.5) is 0 Å². The Labute approximate surface area is 108 Å². The molecule has 2 nitrogen and oxygen atoms in total. The largest absolute Gasteiger partial charge is 0.478 e. The Kier molecular flexibility index (Phi) is 2.89. The number of unbranched alkanes of at least 4 members (excludes halogenated alkanes) is 3. The number of hydrogen-bond donors (Lipinski definition) is 0. The molecule has 1 aliphatic heterocycles. The highest BCUT2D eigenvalue weighted by Gasteiger charge is 2.57. The maximum Gasteiger partial charge on any atom is 0.210 e. The zero-order valence-electron chi connectivity index (χ0n) is 11.0. The Morgan fingerprint density at radius 1 is 1.22 bits per heavy atom. The summed E-state index contributed by atoms with van der Waals surface area (Å²) in [5.74, 6) is 1.02. The number of carbonyl (C=O) groups excluding carboxylic acids is 1. The molecule has 0 unspecified atom stereocenters. The van der Waals surface area contributed by atoms with Gasteiger partial charge in [0.2, 0.25) is 5.78 Å². The van der Waals surface area contributed by atoms with Gasteiger partial charge < -0.3 is 4.74 Å². The average molecular weight is 244 g/mol. The second-order valence-electron chi connectivity index (χ2n) is 5.57. The van der Waals surface area contributed by atoms with Gasteiger partial charge in [-0.15, -0.1) is 0 Å². The Bertz CT molecular complexity index is 472. The van der Waals surface area contributed by atoms with Crippen LogP contribution in [0.5, 0.6) is 5.75 Å². The number of ketones is 1. The van der Waals surface area contributed by atoms with Crippen molar-refractivity contribution in [2.75, 3.05) is 0 Å². The minimum absolute atomic E-state index is 0.216. The van der Waals surface area contributed by atoms with Gasteiger partial charge in [0, 0.05) is 0 Å². The average Bonchev–Trinajstić information content (AvgIpc) is 3.10. The Hall–Kier alpha value is -1.31. The molecule has 0 N–H and O–H groups in total. The summed E-state index contributed by atoms with van der Waals surface area (Å²) >= 11 is 0. The Balaban J connectivity index is 1.69. The number of hydrogen-bond acceptors (Lipinski definition) is 2. The third-order valence-electron chi connectivity index (χ3n) is 4.03. The van der Waals surface area contributed by atoms with Gasteiger partial charge in [-0.3, -0.25) is 4.79 Å². The van der Waals surface area contributed by atoms with Crippen molar-refractivity contribution in [1.82, 2.24) is 0 Å². The van der Waals surface area contributed by atoms with E-state index in [1.54, 1.807) is 0 Å². The molecule has 0 radical (unpaired) electrons. The standard InChI is InChI=1S/C16H20O2/c1-2-3-4-5-6-12-7-8-14-13(11-12)15(17)16(18-14)9-10-16/h7-8,11H,2-6,9-10H2,1H3. The molecule has 0 saturated heterocycles. The Morgan fingerprint density at radius 3 is 2.78 bits per heavy atom. The van der Waals surface area contributed by atoms with Gasteiger partial charge in [0.25, 0.3) is 0 Å². The van der Waals surface area contributed by atoms with Gasteiger partial charge in [0.15, 0.2) is 5.60 Å². The first-order valence-electron chi connectivity index (χ1n) is 7.12. The van der Waals surface area contributed by atoms with Gasteiger partial charge in [0.1, 0.15) is 5.75 Å². The molecule has 1 aromatic rings. The van der Waals surface area contributed by atoms with Crippen molar-refractivity contribution < 1.29 is 9.53 Å². The third-order valence-corrected chi connectivity index (χ3v) is 4.03. The highest BCUT2D eigenvalue weighted by molar-refractivity contribution is 6.09. The lowest BCUT2D eigenvalue weighted by Gasteiger charge is -2.04. The second-order valence-corrected chi connectivity index (χ2v) is 5.57. The van der Waals surface area contributed by atoms with Crippen LogP contribution in [-0.2, 0) is 6.42 Å². The van der Waals surface area contributed by atoms with Gasteiger partial charge in [-0.05, 0) is 43.4 Å². The maximum atomic E-state index is 12.2. The number of benzene rings is 1. The van der Waals surface area contributed by atoms with Crippen molar-refractivity contribution >= 4 is 5.78 Å². The molecule has 1 heterocycles. The van der Waals surface area contributed by atoms with Crippen LogP contribution in [0.3, 0.4) is 0 Å². The van der Waals surface area contributed by atoms with E-state index in [-0.39, 0.29) is 5.78 Å². The molecule has 1 aromatic carbocycles. The van der Waals surface area contributed by atoms with E-state index in [1.807, 2.05) is 6.07 Å². The first kappa shape index (κ1) is 11.8. The molecule has 1 aliphatic carbocycles. The fourth-order valence-electron chi connectivity index (χ4n) is 2.70. The van der Waals surface area contributed by atoms with Crippen LogP contribution in [0.15, 0.2) is 18.2 Å². The molecular weight excluding hydrogens is 224 g/mol. The third kappa shape index (κ3) is 1.94. The van der Waals surface area contributed by atoms with E-state index in [4.69, 9.17) is 4.74 Å². The summed E-state index contributed by atoms with van der Waals surface area (Å²) < 4.78 is 5.77. The second kappa shape index (κ2) is 4.42. The van der Waals surface area contributed by atoms with E-state index in [0.29, 0.717) is 0 Å². The molecular formula is C16H20O2. The van der Waals surface area contributed by atoms with Crippen molar-refractivity contribution in [3.8, 4) is 5.75 Å². The van der Waals surface area contributed by atoms with Crippen LogP contribution in [0, 0.1) is 0 Å². The summed E-state index contributed by atoms with van der Waals surface area (Å²) in [7, 11) is 0. The SMILES string of the molecule is CCCCCCc1ccc2c(c1)C(=O)C1(CC1)O2. The van der Waals surface area contributed by atoms with Crippen LogP contribution >= 0.6 is 0 Å². The molecule has 3 rings (SSSR count). The molecule has 2 heteroatoms. The minimum Gasteiger partial charge on any atom is -0.478 e. The molecule has 0 amide bonds. The van der Waals surface area contributed by atoms with Crippen molar-refractivity contribution in [3.63, 3.8) is 0 Å². The summed E-state index contributed by atoms with van der Waals surface area (Å²) in [6.45, 7) is 2.22. The molecule has 0 atom stereocenters. The number of carbonyl (C=O) groups is 1. The zero-order valence-corrected chi connectivity index (χ0v) is 11.0. The molecule has 0 aromatic heterocycles. The van der Waals surface area contributed by atoms with Gasteiger partial charge in [-0.25, -0.2) is 0 Å². The first-order valence-corrected chi connectivity index (χ1v) is 7.12. The van der Waals surface area contributed by atoms with Crippen LogP contribution in [0.2, 0.25) is 0 Å². The van der Waals surface area contributed by atoms with E-state index in [1.165, 1.54) is 31.2 Å². The first-order chi connectivity index (χ1) is 8.75. The number of ether oxygens (including phenoxy) is 1. The lowest BCUT2D eigenvalue weighted by atomic mass is 10.0. The normalized spacial score (nSPS) is 18.8. The molecule has 96 valence electrons. The summed E-state index contributed by atoms with van der Waals surface area (Å²) in [6.07, 6.45) is 7.93. The number of rotatable bonds is 5. The molecule has 0 bridgehead atoms. The summed E-state index contributed by atoms with van der Waals surface area (Å²) in [4.78, 5) is 12.2. The van der Waals surface area contributed by atoms with Crippen LogP contribution in [0.1, 0.15) is 61.4 Å². The van der Waals surface area contributed by atoms with Gasteiger partial charge in [0.05, 0.1) is 5.56 Å². The summed E-state index contributed by atoms with van der Waals surface area (Å²) in [6, 6.07) is 6.14. The lowest BCUT2D eigenvalue weighted by molar-refractivity contribution is 0.0820. The van der Waals surface area contributed by atoms with Crippen molar-refractivity contribution in [3.05, 3.63) is 29.3 Å². The van der Waals surface area contributed by atoms with Crippen LogP contribution < -0.4 is 4.74 Å². The molecule has 2 aliphatic rings. The van der Waals surface area contributed by atoms with Gasteiger partial charge >= 0.3 is 0 Å². The number of fused-ring (bicyclic) bond motifs is 1. The van der Waals surface area contributed by atoms with Crippen molar-refractivity contribution in [2.45, 2.75) is 57.5 Å². The highest BCUT2D eigenvalue weighted by atomic mass is 16.5. The Morgan fingerprint density at radius 2 is 2.06 bits per heavy atom. The van der Waals surface area contributed by atoms with E-state index in [0.717, 1.165) is 30.6 Å². The van der Waals surface area contributed by atoms with Crippen LogP contribution in [0.25, 0.3) is 0 Å².